The van der Waals surface area contributed by atoms with Crippen molar-refractivity contribution < 1.29 is 33.3 Å². The number of esters is 2. The molecule has 0 aromatic rings. The normalized spacial score (nSPS) is 49.1. The molecule has 0 radical (unpaired) electrons. The lowest BCUT2D eigenvalue weighted by Gasteiger charge is -2.35. The van der Waals surface area contributed by atoms with Crippen LogP contribution in [0.2, 0.25) is 0 Å². The van der Waals surface area contributed by atoms with Gasteiger partial charge in [-0.05, 0) is 57.8 Å². The van der Waals surface area contributed by atoms with Gasteiger partial charge in [-0.15, -0.1) is 0 Å². The van der Waals surface area contributed by atoms with E-state index in [1.54, 1.807) is 0 Å². The largest absolute Gasteiger partial charge is 0.465 e. The fourth-order valence-corrected chi connectivity index (χ4v) is 5.81. The average Bonchev–Trinajstić information content (AvgIpc) is 3.60. The zero-order chi connectivity index (χ0) is 19.6. The predicted molar refractivity (Wildman–Crippen MR) is 98.9 cm³/mol. The molecule has 7 nitrogen and oxygen atoms in total. The van der Waals surface area contributed by atoms with Crippen LogP contribution in [-0.4, -0.2) is 61.8 Å². The zero-order valence-corrected chi connectivity index (χ0v) is 16.8. The van der Waals surface area contributed by atoms with E-state index < -0.39 is 0 Å². The number of fused-ring (bicyclic) bond motifs is 3. The molecular formula is C22H30O7. The molecule has 3 heterocycles. The summed E-state index contributed by atoms with van der Waals surface area (Å²) in [4.78, 5) is 25.3. The van der Waals surface area contributed by atoms with Crippen LogP contribution in [0.15, 0.2) is 0 Å². The number of ether oxygens (including phenoxy) is 5. The molecular weight excluding hydrogens is 376 g/mol. The first-order valence-corrected chi connectivity index (χ1v) is 11.4. The summed E-state index contributed by atoms with van der Waals surface area (Å²) in [5.41, 5.74) is -0.316. The lowest BCUT2D eigenvalue weighted by atomic mass is 9.75. The molecule has 8 unspecified atom stereocenters. The topological polar surface area (TPSA) is 90.2 Å². The number of carbonyl (C=O) groups excluding carboxylic acids is 2. The number of hydrogen-bond donors (Lipinski definition) is 0. The van der Waals surface area contributed by atoms with Gasteiger partial charge in [0.05, 0.1) is 48.5 Å². The molecule has 3 saturated heterocycles. The lowest BCUT2D eigenvalue weighted by Crippen LogP contribution is -2.40. The van der Waals surface area contributed by atoms with Crippen molar-refractivity contribution in [1.82, 2.24) is 0 Å². The van der Waals surface area contributed by atoms with Gasteiger partial charge in [-0.3, -0.25) is 9.59 Å². The maximum absolute atomic E-state index is 12.6. The Kier molecular flexibility index (Phi) is 4.44. The van der Waals surface area contributed by atoms with E-state index in [0.717, 1.165) is 57.8 Å². The van der Waals surface area contributed by atoms with Gasteiger partial charge in [-0.2, -0.15) is 0 Å². The third kappa shape index (κ3) is 3.81. The molecule has 7 heteroatoms. The van der Waals surface area contributed by atoms with Gasteiger partial charge in [0.15, 0.2) is 0 Å². The number of carbonyl (C=O) groups is 2. The van der Waals surface area contributed by atoms with Gasteiger partial charge < -0.3 is 23.7 Å². The summed E-state index contributed by atoms with van der Waals surface area (Å²) in [6.07, 6.45) is 9.64. The Bertz CT molecular complexity index is 649. The van der Waals surface area contributed by atoms with Gasteiger partial charge in [-0.1, -0.05) is 0 Å². The highest BCUT2D eigenvalue weighted by molar-refractivity contribution is 5.73. The highest BCUT2D eigenvalue weighted by Crippen LogP contribution is 2.48. The molecule has 0 N–H and O–H groups in total. The highest BCUT2D eigenvalue weighted by atomic mass is 16.6. The summed E-state index contributed by atoms with van der Waals surface area (Å²) < 4.78 is 28.4. The van der Waals surface area contributed by atoms with Crippen molar-refractivity contribution in [2.24, 2.45) is 17.3 Å². The van der Waals surface area contributed by atoms with E-state index in [1.165, 1.54) is 0 Å². The molecule has 3 saturated carbocycles. The van der Waals surface area contributed by atoms with Crippen LogP contribution < -0.4 is 0 Å². The van der Waals surface area contributed by atoms with E-state index in [1.807, 2.05) is 0 Å². The second kappa shape index (κ2) is 6.92. The second-order valence-corrected chi connectivity index (χ2v) is 10.1. The quantitative estimate of drug-likeness (QED) is 0.493. The molecule has 29 heavy (non-hydrogen) atoms. The first-order valence-electron chi connectivity index (χ1n) is 11.4. The Morgan fingerprint density at radius 2 is 1.21 bits per heavy atom. The van der Waals surface area contributed by atoms with Crippen molar-refractivity contribution in [3.63, 3.8) is 0 Å². The van der Waals surface area contributed by atoms with E-state index in [4.69, 9.17) is 23.7 Å². The molecule has 0 amide bonds. The molecule has 8 atom stereocenters. The minimum Gasteiger partial charge on any atom is -0.465 e. The van der Waals surface area contributed by atoms with Crippen LogP contribution in [0.25, 0.3) is 0 Å². The van der Waals surface area contributed by atoms with Crippen molar-refractivity contribution in [3.8, 4) is 0 Å². The van der Waals surface area contributed by atoms with Crippen molar-refractivity contribution in [1.29, 1.82) is 0 Å². The maximum atomic E-state index is 12.6. The fourth-order valence-electron chi connectivity index (χ4n) is 5.81. The zero-order valence-electron chi connectivity index (χ0n) is 16.8. The Morgan fingerprint density at radius 3 is 1.72 bits per heavy atom. The van der Waals surface area contributed by atoms with Crippen molar-refractivity contribution >= 4 is 11.9 Å². The van der Waals surface area contributed by atoms with E-state index in [9.17, 15) is 9.59 Å². The number of epoxide rings is 3. The van der Waals surface area contributed by atoms with Crippen molar-refractivity contribution in [2.45, 2.75) is 94.4 Å². The standard InChI is InChI=1S/C22H30O7/c23-20(12-1-3-14-17(7-12)27-14)25-10-22(6-5-16-19(9-22)29-16)11-26-21(24)13-2-4-15-18(8-13)28-15/h12-19H,1-11H2. The van der Waals surface area contributed by atoms with E-state index in [2.05, 4.69) is 0 Å². The molecule has 0 spiro atoms. The van der Waals surface area contributed by atoms with Crippen LogP contribution in [0.1, 0.15) is 57.8 Å². The van der Waals surface area contributed by atoms with E-state index >= 15 is 0 Å². The highest BCUT2D eigenvalue weighted by Gasteiger charge is 2.53. The summed E-state index contributed by atoms with van der Waals surface area (Å²) in [7, 11) is 0. The molecule has 6 aliphatic rings. The molecule has 6 fully saturated rings. The molecule has 0 aromatic carbocycles. The molecule has 3 aliphatic heterocycles. The van der Waals surface area contributed by atoms with E-state index in [-0.39, 0.29) is 47.5 Å². The average molecular weight is 406 g/mol. The molecule has 160 valence electrons. The van der Waals surface area contributed by atoms with Gasteiger partial charge in [0.25, 0.3) is 0 Å². The third-order valence-electron chi connectivity index (χ3n) is 8.00. The number of hydrogen-bond acceptors (Lipinski definition) is 7. The monoisotopic (exact) mass is 406 g/mol. The maximum Gasteiger partial charge on any atom is 0.309 e. The Balaban J connectivity index is 1.05. The molecule has 3 aliphatic carbocycles. The number of rotatable bonds is 6. The van der Waals surface area contributed by atoms with Crippen LogP contribution in [0.3, 0.4) is 0 Å². The van der Waals surface area contributed by atoms with Crippen LogP contribution in [0.4, 0.5) is 0 Å². The molecule has 0 bridgehead atoms. The summed E-state index contributed by atoms with van der Waals surface area (Å²) in [5, 5.41) is 0. The molecule has 0 aromatic heterocycles. The third-order valence-corrected chi connectivity index (χ3v) is 8.00. The van der Waals surface area contributed by atoms with Crippen LogP contribution >= 0.6 is 0 Å². The van der Waals surface area contributed by atoms with Crippen molar-refractivity contribution in [2.75, 3.05) is 13.2 Å². The fraction of sp³-hybridized carbons (Fsp3) is 0.909. The van der Waals surface area contributed by atoms with Crippen LogP contribution in [0.5, 0.6) is 0 Å². The summed E-state index contributed by atoms with van der Waals surface area (Å²) in [6, 6.07) is 0. The smallest absolute Gasteiger partial charge is 0.309 e. The lowest BCUT2D eigenvalue weighted by molar-refractivity contribution is -0.161. The van der Waals surface area contributed by atoms with E-state index in [0.29, 0.717) is 31.5 Å². The Labute approximate surface area is 170 Å². The van der Waals surface area contributed by atoms with Gasteiger partial charge in [0, 0.05) is 5.41 Å². The van der Waals surface area contributed by atoms with Gasteiger partial charge in [0.1, 0.15) is 13.2 Å². The first-order chi connectivity index (χ1) is 14.1. The summed E-state index contributed by atoms with van der Waals surface area (Å²) >= 11 is 0. The second-order valence-electron chi connectivity index (χ2n) is 10.1. The Morgan fingerprint density at radius 1 is 0.690 bits per heavy atom. The minimum atomic E-state index is -0.316. The van der Waals surface area contributed by atoms with Gasteiger partial charge in [-0.25, -0.2) is 0 Å². The van der Waals surface area contributed by atoms with Crippen LogP contribution in [0, 0.1) is 17.3 Å². The predicted octanol–water partition coefficient (Wildman–Crippen LogP) is 2.15. The Hall–Kier alpha value is -1.18. The summed E-state index contributed by atoms with van der Waals surface area (Å²) in [6.45, 7) is 0.630. The van der Waals surface area contributed by atoms with Gasteiger partial charge in [0.2, 0.25) is 0 Å². The SMILES string of the molecule is O=C(OCC1(COC(=O)C2CCC3OC3C2)CCC2OC2C1)C1CCC2OC2C1. The van der Waals surface area contributed by atoms with Crippen molar-refractivity contribution in [3.05, 3.63) is 0 Å². The van der Waals surface area contributed by atoms with Crippen LogP contribution in [-0.2, 0) is 33.3 Å². The molecule has 6 rings (SSSR count). The van der Waals surface area contributed by atoms with Gasteiger partial charge >= 0.3 is 11.9 Å². The summed E-state index contributed by atoms with van der Waals surface area (Å²) in [5.74, 6) is -0.346. The first kappa shape index (κ1) is 18.6. The minimum absolute atomic E-state index is 0.0550.